The van der Waals surface area contributed by atoms with E-state index in [0.29, 0.717) is 17.3 Å². The van der Waals surface area contributed by atoms with Crippen LogP contribution < -0.4 is 14.4 Å². The zero-order valence-electron chi connectivity index (χ0n) is 17.6. The number of anilines is 2. The number of nitrogens with one attached hydrogen (secondary N) is 1. The SMILES string of the molecule is C=CCN(c1ccccc1OC)S(=O)(=O)c1ccc(Cl)c(C(=O)Nc2cccc(C)n2)c1. The second-order valence-corrected chi connectivity index (χ2v) is 9.03. The molecular weight excluding hydrogens is 450 g/mol. The van der Waals surface area contributed by atoms with Crippen LogP contribution in [-0.4, -0.2) is 33.0 Å². The molecule has 1 N–H and O–H groups in total. The number of rotatable bonds is 8. The Morgan fingerprint density at radius 1 is 1.19 bits per heavy atom. The monoisotopic (exact) mass is 471 g/mol. The molecule has 0 aliphatic rings. The Bertz CT molecular complexity index is 1260. The van der Waals surface area contributed by atoms with E-state index in [1.807, 2.05) is 0 Å². The van der Waals surface area contributed by atoms with E-state index in [1.54, 1.807) is 49.4 Å². The number of aryl methyl sites for hydroxylation is 1. The molecule has 0 bridgehead atoms. The van der Waals surface area contributed by atoms with Crippen LogP contribution in [0.15, 0.2) is 78.2 Å². The Kier molecular flexibility index (Phi) is 7.17. The summed E-state index contributed by atoms with van der Waals surface area (Å²) in [5, 5.41) is 2.76. The molecule has 1 heterocycles. The fourth-order valence-electron chi connectivity index (χ4n) is 3.04. The molecule has 0 saturated heterocycles. The van der Waals surface area contributed by atoms with E-state index >= 15 is 0 Å². The molecule has 3 aromatic rings. The number of nitrogens with zero attached hydrogens (tertiary/aromatic N) is 2. The molecule has 0 saturated carbocycles. The lowest BCUT2D eigenvalue weighted by atomic mass is 10.2. The lowest BCUT2D eigenvalue weighted by Gasteiger charge is -2.25. The second-order valence-electron chi connectivity index (χ2n) is 6.76. The normalized spacial score (nSPS) is 11.0. The van der Waals surface area contributed by atoms with Crippen molar-refractivity contribution in [3.05, 3.63) is 89.6 Å². The first-order valence-corrected chi connectivity index (χ1v) is 11.4. The van der Waals surface area contributed by atoms with Gasteiger partial charge in [0.15, 0.2) is 0 Å². The van der Waals surface area contributed by atoms with Crippen molar-refractivity contribution >= 4 is 39.0 Å². The average Bonchev–Trinajstić information content (AvgIpc) is 2.77. The first-order valence-electron chi connectivity index (χ1n) is 9.59. The molecule has 32 heavy (non-hydrogen) atoms. The van der Waals surface area contributed by atoms with Crippen LogP contribution in [0.4, 0.5) is 11.5 Å². The van der Waals surface area contributed by atoms with E-state index in [2.05, 4.69) is 16.9 Å². The van der Waals surface area contributed by atoms with Gasteiger partial charge in [0.1, 0.15) is 11.6 Å². The first-order chi connectivity index (χ1) is 15.3. The molecule has 9 heteroatoms. The number of carbonyl (C=O) groups excluding carboxylic acids is 1. The molecule has 3 rings (SSSR count). The topological polar surface area (TPSA) is 88.6 Å². The Balaban J connectivity index is 2.02. The van der Waals surface area contributed by atoms with Crippen molar-refractivity contribution < 1.29 is 17.9 Å². The molecule has 0 fully saturated rings. The molecule has 166 valence electrons. The summed E-state index contributed by atoms with van der Waals surface area (Å²) in [5.41, 5.74) is 1.08. The van der Waals surface area contributed by atoms with Gasteiger partial charge >= 0.3 is 0 Å². The van der Waals surface area contributed by atoms with E-state index < -0.39 is 15.9 Å². The fourth-order valence-corrected chi connectivity index (χ4v) is 4.72. The molecule has 1 amide bonds. The second kappa shape index (κ2) is 9.84. The smallest absolute Gasteiger partial charge is 0.264 e. The van der Waals surface area contributed by atoms with Gasteiger partial charge in [-0.25, -0.2) is 13.4 Å². The number of pyridine rings is 1. The Labute approximate surface area is 192 Å². The predicted molar refractivity (Wildman–Crippen MR) is 126 cm³/mol. The summed E-state index contributed by atoms with van der Waals surface area (Å²) in [6.07, 6.45) is 1.47. The molecule has 0 spiro atoms. The molecule has 0 unspecified atom stereocenters. The third-order valence-corrected chi connectivity index (χ3v) is 6.65. The predicted octanol–water partition coefficient (Wildman–Crippen LogP) is 4.69. The van der Waals surface area contributed by atoms with Crippen LogP contribution in [-0.2, 0) is 10.0 Å². The highest BCUT2D eigenvalue weighted by molar-refractivity contribution is 7.92. The molecular formula is C23H22ClN3O4S. The number of hydrogen-bond acceptors (Lipinski definition) is 5. The van der Waals surface area contributed by atoms with Gasteiger partial charge in [-0.05, 0) is 49.4 Å². The van der Waals surface area contributed by atoms with Crippen LogP contribution >= 0.6 is 11.6 Å². The van der Waals surface area contributed by atoms with Crippen molar-refractivity contribution in [2.75, 3.05) is 23.3 Å². The van der Waals surface area contributed by atoms with Crippen LogP contribution in [0, 0.1) is 6.92 Å². The number of halogens is 1. The average molecular weight is 472 g/mol. The minimum absolute atomic E-state index is 0.0000745. The molecule has 1 aromatic heterocycles. The quantitative estimate of drug-likeness (QED) is 0.481. The molecule has 7 nitrogen and oxygen atoms in total. The van der Waals surface area contributed by atoms with Gasteiger partial charge in [0, 0.05) is 5.69 Å². The molecule has 0 aliphatic heterocycles. The van der Waals surface area contributed by atoms with Gasteiger partial charge in [0.05, 0.1) is 34.8 Å². The number of benzene rings is 2. The fraction of sp³-hybridized carbons (Fsp3) is 0.130. The highest BCUT2D eigenvalue weighted by Crippen LogP contribution is 2.33. The van der Waals surface area contributed by atoms with E-state index in [1.165, 1.54) is 31.4 Å². The van der Waals surface area contributed by atoms with Gasteiger partial charge in [0.2, 0.25) is 0 Å². The minimum atomic E-state index is -4.07. The van der Waals surface area contributed by atoms with E-state index in [4.69, 9.17) is 16.3 Å². The zero-order valence-corrected chi connectivity index (χ0v) is 19.2. The van der Waals surface area contributed by atoms with Crippen molar-refractivity contribution in [1.82, 2.24) is 4.98 Å². The summed E-state index contributed by atoms with van der Waals surface area (Å²) in [6, 6.07) is 15.9. The first kappa shape index (κ1) is 23.3. The van der Waals surface area contributed by atoms with Crippen LogP contribution in [0.25, 0.3) is 0 Å². The van der Waals surface area contributed by atoms with Crippen LogP contribution in [0.2, 0.25) is 5.02 Å². The van der Waals surface area contributed by atoms with Crippen molar-refractivity contribution in [1.29, 1.82) is 0 Å². The molecule has 0 radical (unpaired) electrons. The van der Waals surface area contributed by atoms with E-state index in [9.17, 15) is 13.2 Å². The van der Waals surface area contributed by atoms with Crippen molar-refractivity contribution in [2.24, 2.45) is 0 Å². The summed E-state index contributed by atoms with van der Waals surface area (Å²) in [5.74, 6) is 0.148. The minimum Gasteiger partial charge on any atom is -0.495 e. The van der Waals surface area contributed by atoms with Gasteiger partial charge in [-0.2, -0.15) is 0 Å². The summed E-state index contributed by atoms with van der Waals surface area (Å²) >= 11 is 6.22. The van der Waals surface area contributed by atoms with Crippen molar-refractivity contribution in [2.45, 2.75) is 11.8 Å². The highest BCUT2D eigenvalue weighted by atomic mass is 35.5. The van der Waals surface area contributed by atoms with Crippen LogP contribution in [0.1, 0.15) is 16.1 Å². The lowest BCUT2D eigenvalue weighted by molar-refractivity contribution is 0.102. The van der Waals surface area contributed by atoms with Crippen LogP contribution in [0.3, 0.4) is 0 Å². The van der Waals surface area contributed by atoms with E-state index in [0.717, 1.165) is 10.00 Å². The van der Waals surface area contributed by atoms with Gasteiger partial charge in [-0.3, -0.25) is 9.10 Å². The maximum absolute atomic E-state index is 13.5. The Hall–Kier alpha value is -3.36. The number of para-hydroxylation sites is 2. The third-order valence-electron chi connectivity index (χ3n) is 4.55. The van der Waals surface area contributed by atoms with E-state index in [-0.39, 0.29) is 22.0 Å². The summed E-state index contributed by atoms with van der Waals surface area (Å²) in [7, 11) is -2.61. The molecule has 0 aliphatic carbocycles. The summed E-state index contributed by atoms with van der Waals surface area (Å²) in [4.78, 5) is 16.9. The summed E-state index contributed by atoms with van der Waals surface area (Å²) < 4.78 is 33.5. The number of aromatic nitrogens is 1. The van der Waals surface area contributed by atoms with Gasteiger partial charge in [-0.1, -0.05) is 35.9 Å². The number of hydrogen-bond donors (Lipinski definition) is 1. The van der Waals surface area contributed by atoms with Crippen LogP contribution in [0.5, 0.6) is 5.75 Å². The van der Waals surface area contributed by atoms with Gasteiger partial charge in [0.25, 0.3) is 15.9 Å². The lowest BCUT2D eigenvalue weighted by Crippen LogP contribution is -2.31. The molecule has 0 atom stereocenters. The van der Waals surface area contributed by atoms with Gasteiger partial charge < -0.3 is 10.1 Å². The zero-order chi connectivity index (χ0) is 23.3. The number of carbonyl (C=O) groups is 1. The van der Waals surface area contributed by atoms with Crippen molar-refractivity contribution in [3.8, 4) is 5.75 Å². The number of sulfonamides is 1. The maximum Gasteiger partial charge on any atom is 0.264 e. The standard InChI is InChI=1S/C23H22ClN3O4S/c1-4-14-27(20-9-5-6-10-21(20)31-3)32(29,30)17-12-13-19(24)18(15-17)23(28)26-22-11-7-8-16(2)25-22/h4-13,15H,1,14H2,2-3H3,(H,25,26,28). The highest BCUT2D eigenvalue weighted by Gasteiger charge is 2.28. The van der Waals surface area contributed by atoms with Crippen molar-refractivity contribution in [3.63, 3.8) is 0 Å². The number of ether oxygens (including phenoxy) is 1. The largest absolute Gasteiger partial charge is 0.495 e. The number of methoxy groups -OCH3 is 1. The summed E-state index contributed by atoms with van der Waals surface area (Å²) in [6.45, 7) is 5.46. The molecule has 2 aromatic carbocycles. The number of amides is 1. The Morgan fingerprint density at radius 3 is 2.62 bits per heavy atom. The maximum atomic E-state index is 13.5. The van der Waals surface area contributed by atoms with Gasteiger partial charge in [-0.15, -0.1) is 6.58 Å². The Morgan fingerprint density at radius 2 is 1.94 bits per heavy atom. The third kappa shape index (κ3) is 4.92.